The first kappa shape index (κ1) is 14.2. The van der Waals surface area contributed by atoms with E-state index in [0.29, 0.717) is 0 Å². The first-order valence-electron chi connectivity index (χ1n) is 3.92. The Labute approximate surface area is 85.1 Å². The maximum absolute atomic E-state index is 9.80. The lowest BCUT2D eigenvalue weighted by Gasteiger charge is -2.31. The predicted molar refractivity (Wildman–Crippen MR) is 64.7 cm³/mol. The highest BCUT2D eigenvalue weighted by atomic mass is 31.2. The van der Waals surface area contributed by atoms with Gasteiger partial charge in [0.2, 0.25) is 0 Å². The molecule has 0 aromatic carbocycles. The normalized spacial score (nSPS) is 17.6. The number of hydrogen-bond donors (Lipinski definition) is 3. The van der Waals surface area contributed by atoms with Crippen LogP contribution in [0.15, 0.2) is 11.6 Å². The van der Waals surface area contributed by atoms with E-state index in [2.05, 4.69) is 19.2 Å². The molecule has 0 rings (SSSR count). The fraction of sp³-hybridized carbons (Fsp3) is 0.500. The topological polar surface area (TPSA) is 69.9 Å². The van der Waals surface area contributed by atoms with Crippen molar-refractivity contribution in [1.82, 2.24) is 0 Å². The van der Waals surface area contributed by atoms with Crippen molar-refractivity contribution < 1.29 is 19.2 Å². The molecule has 0 aliphatic rings. The summed E-state index contributed by atoms with van der Waals surface area (Å²) in [5.74, 6) is 0. The first-order valence-corrected chi connectivity index (χ1v) is 7.64. The minimum atomic E-state index is -3.55. The van der Waals surface area contributed by atoms with Crippen LogP contribution in [0.25, 0.3) is 0 Å². The molecule has 4 nitrogen and oxygen atoms in total. The molecule has 0 amide bonds. The second-order valence-corrected chi connectivity index (χ2v) is 8.53. The van der Waals surface area contributed by atoms with E-state index < -0.39 is 20.3 Å². The van der Waals surface area contributed by atoms with Crippen molar-refractivity contribution in [2.75, 3.05) is 0 Å². The molecule has 0 radical (unpaired) electrons. The summed E-state index contributed by atoms with van der Waals surface area (Å²) in [5, 5.41) is -0.195. The van der Waals surface area contributed by atoms with E-state index in [1.165, 1.54) is 0 Å². The van der Waals surface area contributed by atoms with Crippen LogP contribution in [0.3, 0.4) is 0 Å². The van der Waals surface area contributed by atoms with Gasteiger partial charge in [-0.3, -0.25) is 0 Å². The first-order chi connectivity index (χ1) is 5.86. The molecule has 0 saturated carbocycles. The maximum atomic E-state index is 9.80. The SMILES string of the molecule is C=C(P(=C)(O)O)P(=C)(O)OC(C)(C)C. The monoisotopic (exact) mass is 240 g/mol. The molecule has 14 heavy (non-hydrogen) atoms. The molecule has 0 aliphatic heterocycles. The fourth-order valence-electron chi connectivity index (χ4n) is 0.756. The summed E-state index contributed by atoms with van der Waals surface area (Å²) in [7, 11) is -6.78. The second-order valence-electron chi connectivity index (χ2n) is 4.05. The molecular weight excluding hydrogens is 222 g/mol. The minimum Gasteiger partial charge on any atom is -0.350 e. The van der Waals surface area contributed by atoms with Gasteiger partial charge in [0, 0.05) is 0 Å². The molecule has 3 N–H and O–H groups in total. The number of hydrogen-bond acceptors (Lipinski definition) is 4. The van der Waals surface area contributed by atoms with E-state index in [1.807, 2.05) is 0 Å². The molecule has 0 aromatic heterocycles. The van der Waals surface area contributed by atoms with Crippen LogP contribution >= 0.6 is 14.7 Å². The Balaban J connectivity index is 4.92. The van der Waals surface area contributed by atoms with Gasteiger partial charge in [0.05, 0.1) is 10.7 Å². The van der Waals surface area contributed by atoms with Gasteiger partial charge in [0.1, 0.15) is 14.7 Å². The summed E-state index contributed by atoms with van der Waals surface area (Å²) in [4.78, 5) is 28.2. The van der Waals surface area contributed by atoms with E-state index in [0.717, 1.165) is 0 Å². The van der Waals surface area contributed by atoms with Gasteiger partial charge in [-0.1, -0.05) is 6.58 Å². The lowest BCUT2D eigenvalue weighted by molar-refractivity contribution is 0.133. The second kappa shape index (κ2) is 3.97. The van der Waals surface area contributed by atoms with E-state index in [1.54, 1.807) is 20.8 Å². The molecule has 0 bridgehead atoms. The van der Waals surface area contributed by atoms with Gasteiger partial charge in [-0.2, -0.15) is 0 Å². The fourth-order valence-corrected chi connectivity index (χ4v) is 3.89. The summed E-state index contributed by atoms with van der Waals surface area (Å²) in [6, 6.07) is 0. The molecule has 0 aliphatic carbocycles. The Morgan fingerprint density at radius 1 is 1.14 bits per heavy atom. The van der Waals surface area contributed by atoms with Gasteiger partial charge in [0.15, 0.2) is 0 Å². The van der Waals surface area contributed by atoms with Crippen molar-refractivity contribution in [2.45, 2.75) is 26.4 Å². The quantitative estimate of drug-likeness (QED) is 0.658. The summed E-state index contributed by atoms with van der Waals surface area (Å²) >= 11 is 0. The molecule has 0 spiro atoms. The van der Waals surface area contributed by atoms with Crippen molar-refractivity contribution >= 4 is 27.3 Å². The Morgan fingerprint density at radius 2 is 1.50 bits per heavy atom. The van der Waals surface area contributed by atoms with Crippen molar-refractivity contribution in [1.29, 1.82) is 0 Å². The van der Waals surface area contributed by atoms with Crippen molar-refractivity contribution in [3.05, 3.63) is 11.6 Å². The zero-order valence-electron chi connectivity index (χ0n) is 8.77. The number of rotatable bonds is 3. The summed E-state index contributed by atoms with van der Waals surface area (Å²) < 4.78 is 5.24. The summed E-state index contributed by atoms with van der Waals surface area (Å²) in [5.41, 5.74) is -0.623. The third-order valence-corrected chi connectivity index (χ3v) is 5.62. The summed E-state index contributed by atoms with van der Waals surface area (Å²) in [6.07, 6.45) is 6.57. The molecule has 0 saturated heterocycles. The van der Waals surface area contributed by atoms with E-state index in [-0.39, 0.29) is 5.06 Å². The van der Waals surface area contributed by atoms with Gasteiger partial charge < -0.3 is 19.2 Å². The zero-order chi connectivity index (χ0) is 11.8. The van der Waals surface area contributed by atoms with Crippen molar-refractivity contribution in [3.8, 4) is 0 Å². The van der Waals surface area contributed by atoms with Crippen molar-refractivity contribution in [3.63, 3.8) is 0 Å². The van der Waals surface area contributed by atoms with Crippen LogP contribution in [0.4, 0.5) is 0 Å². The molecule has 1 unspecified atom stereocenters. The highest BCUT2D eigenvalue weighted by Gasteiger charge is 2.29. The van der Waals surface area contributed by atoms with Gasteiger partial charge in [-0.05, 0) is 33.4 Å². The van der Waals surface area contributed by atoms with Crippen molar-refractivity contribution in [2.24, 2.45) is 0 Å². The van der Waals surface area contributed by atoms with Crippen LogP contribution in [0.1, 0.15) is 20.8 Å². The third-order valence-electron chi connectivity index (χ3n) is 1.24. The van der Waals surface area contributed by atoms with E-state index in [9.17, 15) is 14.7 Å². The zero-order valence-corrected chi connectivity index (χ0v) is 10.6. The third kappa shape index (κ3) is 4.61. The molecule has 0 heterocycles. The largest absolute Gasteiger partial charge is 0.350 e. The smallest absolute Gasteiger partial charge is 0.149 e. The lowest BCUT2D eigenvalue weighted by Crippen LogP contribution is -2.17. The molecular formula is C8H18O4P2. The van der Waals surface area contributed by atoms with Gasteiger partial charge in [-0.15, -0.1) is 0 Å². The molecule has 1 atom stereocenters. The van der Waals surface area contributed by atoms with Crippen LogP contribution in [-0.4, -0.2) is 32.9 Å². The van der Waals surface area contributed by atoms with Crippen LogP contribution in [0.5, 0.6) is 0 Å². The highest BCUT2D eigenvalue weighted by Crippen LogP contribution is 2.66. The van der Waals surface area contributed by atoms with E-state index in [4.69, 9.17) is 4.52 Å². The lowest BCUT2D eigenvalue weighted by atomic mass is 10.2. The van der Waals surface area contributed by atoms with E-state index >= 15 is 0 Å². The average Bonchev–Trinajstić information content (AvgIpc) is 1.78. The highest BCUT2D eigenvalue weighted by molar-refractivity contribution is 7.86. The minimum absolute atomic E-state index is 0.195. The van der Waals surface area contributed by atoms with Crippen LogP contribution in [0, 0.1) is 0 Å². The maximum Gasteiger partial charge on any atom is 0.149 e. The Hall–Kier alpha value is 0.180. The molecule has 0 fully saturated rings. The van der Waals surface area contributed by atoms with Gasteiger partial charge >= 0.3 is 0 Å². The van der Waals surface area contributed by atoms with Gasteiger partial charge in [-0.25, -0.2) is 0 Å². The standard InChI is InChI=1S/C8H18O4P2/c1-7(13(5,9)10)14(6,11)12-8(2,3)4/h9-11H,1,5-6H2,2-4H3. The molecule has 84 valence electrons. The van der Waals surface area contributed by atoms with Crippen LogP contribution in [0.2, 0.25) is 0 Å². The average molecular weight is 240 g/mol. The Bertz CT molecular complexity index is 321. The van der Waals surface area contributed by atoms with Gasteiger partial charge in [0.25, 0.3) is 0 Å². The molecule has 0 aromatic rings. The predicted octanol–water partition coefficient (Wildman–Crippen LogP) is 1.81. The Kier molecular flexibility index (Phi) is 4.03. The van der Waals surface area contributed by atoms with Crippen LogP contribution in [-0.2, 0) is 4.52 Å². The Morgan fingerprint density at radius 3 is 1.71 bits per heavy atom. The summed E-state index contributed by atoms with van der Waals surface area (Å²) in [6.45, 7) is 8.57. The van der Waals surface area contributed by atoms with Crippen LogP contribution < -0.4 is 0 Å². The molecule has 6 heteroatoms.